The van der Waals surface area contributed by atoms with Crippen molar-refractivity contribution < 1.29 is 19.0 Å². The van der Waals surface area contributed by atoms with Gasteiger partial charge < -0.3 is 15.2 Å². The minimum absolute atomic E-state index is 0.144. The summed E-state index contributed by atoms with van der Waals surface area (Å²) < 4.78 is 18.4. The molecule has 1 rings (SSSR count). The van der Waals surface area contributed by atoms with E-state index >= 15 is 0 Å². The predicted molar refractivity (Wildman–Crippen MR) is 70.4 cm³/mol. The SMILES string of the molecule is CCCCNC(=O)COc1ccc(F)cc1[C@H](C)O. The van der Waals surface area contributed by atoms with Gasteiger partial charge in [0.25, 0.3) is 5.91 Å². The lowest BCUT2D eigenvalue weighted by molar-refractivity contribution is -0.123. The molecule has 0 heterocycles. The lowest BCUT2D eigenvalue weighted by Gasteiger charge is -2.13. The van der Waals surface area contributed by atoms with Crippen molar-refractivity contribution in [2.45, 2.75) is 32.8 Å². The second-order valence-electron chi connectivity index (χ2n) is 4.35. The summed E-state index contributed by atoms with van der Waals surface area (Å²) in [5.74, 6) is -0.355. The number of ether oxygens (including phenoxy) is 1. The number of benzene rings is 1. The highest BCUT2D eigenvalue weighted by atomic mass is 19.1. The van der Waals surface area contributed by atoms with Gasteiger partial charge in [-0.2, -0.15) is 0 Å². The first-order valence-corrected chi connectivity index (χ1v) is 6.41. The van der Waals surface area contributed by atoms with Gasteiger partial charge in [-0.3, -0.25) is 4.79 Å². The third kappa shape index (κ3) is 5.26. The molecular formula is C14H20FNO3. The highest BCUT2D eigenvalue weighted by Gasteiger charge is 2.12. The molecule has 0 saturated heterocycles. The third-order valence-electron chi connectivity index (χ3n) is 2.63. The number of aliphatic hydroxyl groups excluding tert-OH is 1. The summed E-state index contributed by atoms with van der Waals surface area (Å²) in [6.45, 7) is 4.03. The molecule has 1 aromatic rings. The number of aliphatic hydroxyl groups is 1. The maximum atomic E-state index is 13.1. The van der Waals surface area contributed by atoms with E-state index in [0.717, 1.165) is 12.8 Å². The van der Waals surface area contributed by atoms with Crippen LogP contribution < -0.4 is 10.1 Å². The Bertz CT molecular complexity index is 421. The Morgan fingerprint density at radius 1 is 1.53 bits per heavy atom. The van der Waals surface area contributed by atoms with Crippen LogP contribution in [0.4, 0.5) is 4.39 Å². The average molecular weight is 269 g/mol. The molecule has 0 aliphatic rings. The second kappa shape index (κ2) is 7.74. The van der Waals surface area contributed by atoms with E-state index in [2.05, 4.69) is 5.32 Å². The number of amides is 1. The van der Waals surface area contributed by atoms with Crippen LogP contribution in [0.2, 0.25) is 0 Å². The Kier molecular flexibility index (Phi) is 6.29. The molecular weight excluding hydrogens is 249 g/mol. The van der Waals surface area contributed by atoms with Gasteiger partial charge in [-0.15, -0.1) is 0 Å². The summed E-state index contributed by atoms with van der Waals surface area (Å²) in [5.41, 5.74) is 0.335. The maximum absolute atomic E-state index is 13.1. The molecule has 0 radical (unpaired) electrons. The van der Waals surface area contributed by atoms with Crippen LogP contribution in [-0.2, 0) is 4.79 Å². The Morgan fingerprint density at radius 3 is 2.89 bits per heavy atom. The summed E-state index contributed by atoms with van der Waals surface area (Å²) >= 11 is 0. The molecule has 0 unspecified atom stereocenters. The predicted octanol–water partition coefficient (Wildman–Crippen LogP) is 2.17. The number of nitrogens with one attached hydrogen (secondary N) is 1. The van der Waals surface area contributed by atoms with E-state index in [-0.39, 0.29) is 12.5 Å². The number of carbonyl (C=O) groups is 1. The smallest absolute Gasteiger partial charge is 0.257 e. The lowest BCUT2D eigenvalue weighted by atomic mass is 10.1. The fraction of sp³-hybridized carbons (Fsp3) is 0.500. The number of carbonyl (C=O) groups excluding carboxylic acids is 1. The van der Waals surface area contributed by atoms with Crippen molar-refractivity contribution in [1.29, 1.82) is 0 Å². The third-order valence-corrected chi connectivity index (χ3v) is 2.63. The Balaban J connectivity index is 2.55. The normalized spacial score (nSPS) is 12.0. The van der Waals surface area contributed by atoms with E-state index in [1.165, 1.54) is 25.1 Å². The molecule has 0 spiro atoms. The number of rotatable bonds is 7. The number of hydrogen-bond acceptors (Lipinski definition) is 3. The Labute approximate surface area is 112 Å². The van der Waals surface area contributed by atoms with Crippen LogP contribution in [0.25, 0.3) is 0 Å². The van der Waals surface area contributed by atoms with Gasteiger partial charge in [-0.05, 0) is 31.5 Å². The van der Waals surface area contributed by atoms with Crippen molar-refractivity contribution >= 4 is 5.91 Å². The molecule has 0 aromatic heterocycles. The Morgan fingerprint density at radius 2 is 2.26 bits per heavy atom. The van der Waals surface area contributed by atoms with Crippen molar-refractivity contribution in [1.82, 2.24) is 5.32 Å². The van der Waals surface area contributed by atoms with Gasteiger partial charge in [0.2, 0.25) is 0 Å². The fourth-order valence-corrected chi connectivity index (χ4v) is 1.58. The molecule has 0 aliphatic carbocycles. The summed E-state index contributed by atoms with van der Waals surface area (Å²) in [5, 5.41) is 12.2. The van der Waals surface area contributed by atoms with Crippen molar-refractivity contribution in [2.24, 2.45) is 0 Å². The number of unbranched alkanes of at least 4 members (excludes halogenated alkanes) is 1. The largest absolute Gasteiger partial charge is 0.483 e. The first-order chi connectivity index (χ1) is 9.04. The van der Waals surface area contributed by atoms with Crippen LogP contribution in [0.15, 0.2) is 18.2 Å². The van der Waals surface area contributed by atoms with Gasteiger partial charge in [0.05, 0.1) is 6.10 Å². The minimum Gasteiger partial charge on any atom is -0.483 e. The molecule has 0 saturated carbocycles. The minimum atomic E-state index is -0.853. The first-order valence-electron chi connectivity index (χ1n) is 6.41. The molecule has 1 amide bonds. The summed E-state index contributed by atoms with van der Waals surface area (Å²) in [4.78, 5) is 11.5. The molecule has 5 heteroatoms. The van der Waals surface area contributed by atoms with E-state index in [9.17, 15) is 14.3 Å². The summed E-state index contributed by atoms with van der Waals surface area (Å²) in [7, 11) is 0. The molecule has 106 valence electrons. The van der Waals surface area contributed by atoms with Crippen molar-refractivity contribution in [2.75, 3.05) is 13.2 Å². The quantitative estimate of drug-likeness (QED) is 0.746. The van der Waals surface area contributed by atoms with Crippen LogP contribution in [0.5, 0.6) is 5.75 Å². The first kappa shape index (κ1) is 15.4. The van der Waals surface area contributed by atoms with Crippen LogP contribution in [-0.4, -0.2) is 24.2 Å². The van der Waals surface area contributed by atoms with Crippen LogP contribution in [0.3, 0.4) is 0 Å². The zero-order valence-corrected chi connectivity index (χ0v) is 11.3. The van der Waals surface area contributed by atoms with E-state index in [1.807, 2.05) is 6.92 Å². The van der Waals surface area contributed by atoms with Crippen molar-refractivity contribution in [3.05, 3.63) is 29.6 Å². The van der Waals surface area contributed by atoms with Crippen LogP contribution >= 0.6 is 0 Å². The van der Waals surface area contributed by atoms with Crippen molar-refractivity contribution in [3.63, 3.8) is 0 Å². The van der Waals surface area contributed by atoms with E-state index in [1.54, 1.807) is 0 Å². The molecule has 0 aliphatic heterocycles. The standard InChI is InChI=1S/C14H20FNO3/c1-3-4-7-16-14(18)9-19-13-6-5-11(15)8-12(13)10(2)17/h5-6,8,10,17H,3-4,7,9H2,1-2H3,(H,16,18)/t10-/m0/s1. The molecule has 1 atom stereocenters. The molecule has 0 fully saturated rings. The van der Waals surface area contributed by atoms with E-state index < -0.39 is 11.9 Å². The molecule has 4 nitrogen and oxygen atoms in total. The highest BCUT2D eigenvalue weighted by Crippen LogP contribution is 2.25. The molecule has 2 N–H and O–H groups in total. The Hall–Kier alpha value is -1.62. The molecule has 19 heavy (non-hydrogen) atoms. The molecule has 1 aromatic carbocycles. The molecule has 0 bridgehead atoms. The zero-order chi connectivity index (χ0) is 14.3. The van der Waals surface area contributed by atoms with Crippen LogP contribution in [0, 0.1) is 5.82 Å². The fourth-order valence-electron chi connectivity index (χ4n) is 1.58. The van der Waals surface area contributed by atoms with Gasteiger partial charge in [0, 0.05) is 12.1 Å². The second-order valence-corrected chi connectivity index (χ2v) is 4.35. The number of hydrogen-bond donors (Lipinski definition) is 2. The van der Waals surface area contributed by atoms with Gasteiger partial charge in [0.15, 0.2) is 6.61 Å². The van der Waals surface area contributed by atoms with Gasteiger partial charge in [-0.1, -0.05) is 13.3 Å². The van der Waals surface area contributed by atoms with Crippen LogP contribution in [0.1, 0.15) is 38.4 Å². The lowest BCUT2D eigenvalue weighted by Crippen LogP contribution is -2.29. The van der Waals surface area contributed by atoms with Gasteiger partial charge >= 0.3 is 0 Å². The van der Waals surface area contributed by atoms with E-state index in [4.69, 9.17) is 4.74 Å². The van der Waals surface area contributed by atoms with E-state index in [0.29, 0.717) is 17.9 Å². The number of halogens is 1. The van der Waals surface area contributed by atoms with Gasteiger partial charge in [-0.25, -0.2) is 4.39 Å². The maximum Gasteiger partial charge on any atom is 0.257 e. The summed E-state index contributed by atoms with van der Waals surface area (Å²) in [6.07, 6.45) is 1.07. The average Bonchev–Trinajstić information content (AvgIpc) is 2.37. The monoisotopic (exact) mass is 269 g/mol. The van der Waals surface area contributed by atoms with Gasteiger partial charge in [0.1, 0.15) is 11.6 Å². The topological polar surface area (TPSA) is 58.6 Å². The highest BCUT2D eigenvalue weighted by molar-refractivity contribution is 5.77. The summed E-state index contributed by atoms with van der Waals surface area (Å²) in [6, 6.07) is 3.85. The zero-order valence-electron chi connectivity index (χ0n) is 11.3. The van der Waals surface area contributed by atoms with Crippen molar-refractivity contribution in [3.8, 4) is 5.75 Å².